The van der Waals surface area contributed by atoms with Crippen molar-refractivity contribution in [2.45, 2.75) is 37.8 Å². The summed E-state index contributed by atoms with van der Waals surface area (Å²) in [5.74, 6) is 0.708. The molecule has 0 radical (unpaired) electrons. The maximum absolute atomic E-state index is 12.3. The molecule has 0 unspecified atom stereocenters. The Labute approximate surface area is 162 Å². The summed E-state index contributed by atoms with van der Waals surface area (Å²) in [4.78, 5) is 33.6. The molecule has 9 nitrogen and oxygen atoms in total. The first-order valence-electron chi connectivity index (χ1n) is 9.49. The number of carbonyl (C=O) groups is 1. The highest BCUT2D eigenvalue weighted by molar-refractivity contribution is 5.94. The van der Waals surface area contributed by atoms with Crippen LogP contribution < -0.4 is 15.5 Å². The first-order valence-corrected chi connectivity index (χ1v) is 9.49. The number of nitrogens with zero attached hydrogens (tertiary/aromatic N) is 4. The fourth-order valence-corrected chi connectivity index (χ4v) is 3.26. The Hall–Kier alpha value is -3.23. The van der Waals surface area contributed by atoms with Gasteiger partial charge in [0.2, 0.25) is 11.8 Å². The summed E-state index contributed by atoms with van der Waals surface area (Å²) in [5.41, 5.74) is 0.556. The Bertz CT molecular complexity index is 863. The van der Waals surface area contributed by atoms with Gasteiger partial charge in [0.25, 0.3) is 5.91 Å². The molecule has 2 N–H and O–H groups in total. The summed E-state index contributed by atoms with van der Waals surface area (Å²) >= 11 is 0. The molecule has 1 saturated heterocycles. The minimum Gasteiger partial charge on any atom is -0.361 e. The zero-order chi connectivity index (χ0) is 19.5. The third-order valence-corrected chi connectivity index (χ3v) is 5.02. The Morgan fingerprint density at radius 2 is 1.82 bits per heavy atom. The molecular weight excluding hydrogens is 360 g/mol. The molecule has 146 valence electrons. The summed E-state index contributed by atoms with van der Waals surface area (Å²) < 4.78 is 0. The molecule has 2 heterocycles. The van der Waals surface area contributed by atoms with E-state index in [0.717, 1.165) is 25.7 Å². The van der Waals surface area contributed by atoms with E-state index in [0.29, 0.717) is 24.6 Å². The molecule has 2 aromatic rings. The zero-order valence-electron chi connectivity index (χ0n) is 15.4. The lowest BCUT2D eigenvalue weighted by Gasteiger charge is -2.32. The lowest BCUT2D eigenvalue weighted by Crippen LogP contribution is -2.45. The number of carbonyl (C=O) groups excluding carboxylic acids is 1. The monoisotopic (exact) mass is 382 g/mol. The van der Waals surface area contributed by atoms with Crippen molar-refractivity contribution in [2.75, 3.05) is 23.3 Å². The maximum atomic E-state index is 12.3. The van der Waals surface area contributed by atoms with E-state index in [1.165, 1.54) is 6.20 Å². The first-order chi connectivity index (χ1) is 13.6. The van der Waals surface area contributed by atoms with E-state index in [9.17, 15) is 14.9 Å². The Morgan fingerprint density at radius 3 is 2.46 bits per heavy atom. The molecule has 1 aliphatic carbocycles. The van der Waals surface area contributed by atoms with Crippen molar-refractivity contribution in [3.63, 3.8) is 0 Å². The lowest BCUT2D eigenvalue weighted by molar-refractivity contribution is -0.384. The van der Waals surface area contributed by atoms with E-state index < -0.39 is 4.92 Å². The van der Waals surface area contributed by atoms with Crippen molar-refractivity contribution >= 4 is 23.4 Å². The quantitative estimate of drug-likeness (QED) is 0.582. The zero-order valence-corrected chi connectivity index (χ0v) is 15.4. The highest BCUT2D eigenvalue weighted by Gasteiger charge is 2.28. The molecule has 0 atom stereocenters. The van der Waals surface area contributed by atoms with Crippen molar-refractivity contribution in [1.82, 2.24) is 15.3 Å². The van der Waals surface area contributed by atoms with Crippen LogP contribution in [0.15, 0.2) is 36.5 Å². The van der Waals surface area contributed by atoms with Crippen LogP contribution in [0.1, 0.15) is 36.0 Å². The predicted molar refractivity (Wildman–Crippen MR) is 104 cm³/mol. The molecule has 4 rings (SSSR count). The molecule has 1 saturated carbocycles. The van der Waals surface area contributed by atoms with Gasteiger partial charge in [0.15, 0.2) is 0 Å². The molecule has 0 bridgehead atoms. The number of amides is 1. The van der Waals surface area contributed by atoms with Gasteiger partial charge in [-0.2, -0.15) is 4.98 Å². The van der Waals surface area contributed by atoms with Gasteiger partial charge in [-0.05, 0) is 37.8 Å². The standard InChI is InChI=1S/C19H22N6O3/c26-18(13-4-2-1-3-5-13)22-15-8-10-24(11-9-15)19-20-12-16(25(27)28)17(23-19)21-14-6-7-14/h1-5,12,14-15H,6-11H2,(H,22,26)(H,20,21,23). The van der Waals surface area contributed by atoms with Crippen LogP contribution in [0.4, 0.5) is 17.5 Å². The number of rotatable bonds is 6. The van der Waals surface area contributed by atoms with Crippen molar-refractivity contribution in [3.05, 3.63) is 52.2 Å². The van der Waals surface area contributed by atoms with Crippen LogP contribution >= 0.6 is 0 Å². The van der Waals surface area contributed by atoms with Gasteiger partial charge in [-0.1, -0.05) is 18.2 Å². The molecule has 9 heteroatoms. The molecule has 2 aliphatic rings. The van der Waals surface area contributed by atoms with Gasteiger partial charge in [-0.15, -0.1) is 0 Å². The molecule has 1 aromatic carbocycles. The fraction of sp³-hybridized carbons (Fsp3) is 0.421. The molecular formula is C19H22N6O3. The summed E-state index contributed by atoms with van der Waals surface area (Å²) in [6.07, 6.45) is 4.82. The highest BCUT2D eigenvalue weighted by Crippen LogP contribution is 2.30. The van der Waals surface area contributed by atoms with Gasteiger partial charge >= 0.3 is 5.69 Å². The number of nitrogens with one attached hydrogen (secondary N) is 2. The Balaban J connectivity index is 1.38. The van der Waals surface area contributed by atoms with E-state index in [1.807, 2.05) is 23.1 Å². The summed E-state index contributed by atoms with van der Waals surface area (Å²) in [7, 11) is 0. The van der Waals surface area contributed by atoms with E-state index >= 15 is 0 Å². The van der Waals surface area contributed by atoms with E-state index in [4.69, 9.17) is 0 Å². The maximum Gasteiger partial charge on any atom is 0.329 e. The van der Waals surface area contributed by atoms with Crippen LogP contribution in [-0.4, -0.2) is 46.0 Å². The van der Waals surface area contributed by atoms with E-state index in [1.54, 1.807) is 12.1 Å². The van der Waals surface area contributed by atoms with E-state index in [2.05, 4.69) is 20.6 Å². The van der Waals surface area contributed by atoms with Crippen molar-refractivity contribution in [1.29, 1.82) is 0 Å². The van der Waals surface area contributed by atoms with Crippen LogP contribution in [0.3, 0.4) is 0 Å². The van der Waals surface area contributed by atoms with Crippen LogP contribution in [0, 0.1) is 10.1 Å². The van der Waals surface area contributed by atoms with Gasteiger partial charge in [-0.25, -0.2) is 4.98 Å². The second kappa shape index (κ2) is 7.79. The van der Waals surface area contributed by atoms with Crippen molar-refractivity contribution < 1.29 is 9.72 Å². The summed E-state index contributed by atoms with van der Waals surface area (Å²) in [5, 5.41) is 17.4. The number of hydrogen-bond acceptors (Lipinski definition) is 7. The molecule has 1 amide bonds. The number of hydrogen-bond donors (Lipinski definition) is 2. The van der Waals surface area contributed by atoms with Crippen molar-refractivity contribution in [3.8, 4) is 0 Å². The van der Waals surface area contributed by atoms with Gasteiger partial charge < -0.3 is 15.5 Å². The fourth-order valence-electron chi connectivity index (χ4n) is 3.26. The van der Waals surface area contributed by atoms with Crippen LogP contribution in [0.2, 0.25) is 0 Å². The number of aromatic nitrogens is 2. The molecule has 1 aliphatic heterocycles. The van der Waals surface area contributed by atoms with Crippen LogP contribution in [-0.2, 0) is 0 Å². The minimum absolute atomic E-state index is 0.0680. The second-order valence-electron chi connectivity index (χ2n) is 7.18. The Morgan fingerprint density at radius 1 is 1.11 bits per heavy atom. The predicted octanol–water partition coefficient (Wildman–Crippen LogP) is 2.36. The lowest BCUT2D eigenvalue weighted by atomic mass is 10.0. The first kappa shape index (κ1) is 18.1. The minimum atomic E-state index is -0.458. The van der Waals surface area contributed by atoms with Gasteiger partial charge in [0.1, 0.15) is 6.20 Å². The normalized spacial score (nSPS) is 17.2. The number of nitro groups is 1. The molecule has 1 aromatic heterocycles. The average molecular weight is 382 g/mol. The summed E-state index contributed by atoms with van der Waals surface area (Å²) in [6.45, 7) is 1.36. The largest absolute Gasteiger partial charge is 0.361 e. The van der Waals surface area contributed by atoms with E-state index in [-0.39, 0.29) is 29.5 Å². The number of anilines is 2. The third kappa shape index (κ3) is 4.19. The third-order valence-electron chi connectivity index (χ3n) is 5.02. The molecule has 28 heavy (non-hydrogen) atoms. The topological polar surface area (TPSA) is 113 Å². The van der Waals surface area contributed by atoms with Crippen LogP contribution in [0.25, 0.3) is 0 Å². The smallest absolute Gasteiger partial charge is 0.329 e. The number of piperidine rings is 1. The van der Waals surface area contributed by atoms with Gasteiger partial charge in [-0.3, -0.25) is 14.9 Å². The average Bonchev–Trinajstić information content (AvgIpc) is 3.53. The molecule has 2 fully saturated rings. The van der Waals surface area contributed by atoms with Gasteiger partial charge in [0.05, 0.1) is 4.92 Å². The summed E-state index contributed by atoms with van der Waals surface area (Å²) in [6, 6.07) is 9.51. The SMILES string of the molecule is O=C(NC1CCN(c2ncc([N+](=O)[O-])c(NC3CC3)n2)CC1)c1ccccc1. The Kier molecular flexibility index (Phi) is 5.05. The number of benzene rings is 1. The van der Waals surface area contributed by atoms with Crippen molar-refractivity contribution in [2.24, 2.45) is 0 Å². The highest BCUT2D eigenvalue weighted by atomic mass is 16.6. The second-order valence-corrected chi connectivity index (χ2v) is 7.18. The molecule has 0 spiro atoms. The van der Waals surface area contributed by atoms with Crippen LogP contribution in [0.5, 0.6) is 0 Å². The van der Waals surface area contributed by atoms with Gasteiger partial charge in [0, 0.05) is 30.7 Å².